The number of unbranched alkanes of at least 4 members (excludes halogenated alkanes) is 1. The van der Waals surface area contributed by atoms with E-state index < -0.39 is 10.0 Å². The number of nitrogens with one attached hydrogen (secondary N) is 1. The summed E-state index contributed by atoms with van der Waals surface area (Å²) in [5.41, 5.74) is 0. The molecule has 0 bridgehead atoms. The van der Waals surface area contributed by atoms with Gasteiger partial charge in [-0.15, -0.1) is 0 Å². The molecule has 1 aliphatic rings. The van der Waals surface area contributed by atoms with Gasteiger partial charge in [-0.1, -0.05) is 22.9 Å². The first kappa shape index (κ1) is 19.4. The highest BCUT2D eigenvalue weighted by molar-refractivity contribution is 9.11. The lowest BCUT2D eigenvalue weighted by Gasteiger charge is -2.30. The standard InChI is InChI=1S/C16H24Br2N2O2S/c1-13-6-10-20(11-7-13)9-3-2-8-19-23(21,22)16-5-4-14(17)12-15(16)18/h4-5,12-13,19H,2-3,6-11H2,1H3. The van der Waals surface area contributed by atoms with E-state index in [0.717, 1.165) is 29.8 Å². The molecule has 1 aromatic rings. The summed E-state index contributed by atoms with van der Waals surface area (Å²) < 4.78 is 28.7. The van der Waals surface area contributed by atoms with E-state index in [2.05, 4.69) is 48.4 Å². The van der Waals surface area contributed by atoms with Crippen LogP contribution in [-0.2, 0) is 10.0 Å². The summed E-state index contributed by atoms with van der Waals surface area (Å²) in [4.78, 5) is 2.77. The van der Waals surface area contributed by atoms with E-state index in [4.69, 9.17) is 0 Å². The molecule has 23 heavy (non-hydrogen) atoms. The van der Waals surface area contributed by atoms with E-state index in [9.17, 15) is 8.42 Å². The molecule has 1 aliphatic heterocycles. The van der Waals surface area contributed by atoms with Gasteiger partial charge in [-0.3, -0.25) is 0 Å². The minimum Gasteiger partial charge on any atom is -0.303 e. The van der Waals surface area contributed by atoms with Crippen LogP contribution in [0.4, 0.5) is 0 Å². The molecule has 0 aliphatic carbocycles. The van der Waals surface area contributed by atoms with Gasteiger partial charge in [0.1, 0.15) is 0 Å². The van der Waals surface area contributed by atoms with Crippen molar-refractivity contribution in [1.29, 1.82) is 0 Å². The van der Waals surface area contributed by atoms with Crippen LogP contribution < -0.4 is 4.72 Å². The zero-order valence-electron chi connectivity index (χ0n) is 13.4. The van der Waals surface area contributed by atoms with Crippen LogP contribution in [0.2, 0.25) is 0 Å². The maximum absolute atomic E-state index is 12.3. The van der Waals surface area contributed by atoms with Crippen LogP contribution in [0.15, 0.2) is 32.0 Å². The smallest absolute Gasteiger partial charge is 0.241 e. The quantitative estimate of drug-likeness (QED) is 0.616. The van der Waals surface area contributed by atoms with Crippen LogP contribution >= 0.6 is 31.9 Å². The first-order valence-electron chi connectivity index (χ1n) is 8.05. The van der Waals surface area contributed by atoms with Crippen molar-refractivity contribution < 1.29 is 8.42 Å². The van der Waals surface area contributed by atoms with Gasteiger partial charge in [-0.25, -0.2) is 13.1 Å². The lowest BCUT2D eigenvalue weighted by atomic mass is 9.99. The monoisotopic (exact) mass is 466 g/mol. The average Bonchev–Trinajstić information content (AvgIpc) is 2.48. The van der Waals surface area contributed by atoms with Crippen LogP contribution in [0.3, 0.4) is 0 Å². The third-order valence-corrected chi connectivity index (χ3v) is 7.18. The van der Waals surface area contributed by atoms with Gasteiger partial charge >= 0.3 is 0 Å². The third kappa shape index (κ3) is 6.12. The molecule has 0 aromatic heterocycles. The van der Waals surface area contributed by atoms with E-state index in [1.165, 1.54) is 25.9 Å². The van der Waals surface area contributed by atoms with Crippen molar-refractivity contribution in [2.45, 2.75) is 37.5 Å². The molecule has 4 nitrogen and oxygen atoms in total. The molecule has 1 N–H and O–H groups in total. The van der Waals surface area contributed by atoms with Crippen molar-refractivity contribution >= 4 is 41.9 Å². The first-order chi connectivity index (χ1) is 10.9. The fraction of sp³-hybridized carbons (Fsp3) is 0.625. The van der Waals surface area contributed by atoms with E-state index in [1.807, 2.05) is 0 Å². The van der Waals surface area contributed by atoms with Gasteiger partial charge < -0.3 is 4.90 Å². The number of hydrogen-bond acceptors (Lipinski definition) is 3. The number of benzene rings is 1. The van der Waals surface area contributed by atoms with Gasteiger partial charge in [-0.2, -0.15) is 0 Å². The summed E-state index contributed by atoms with van der Waals surface area (Å²) >= 11 is 6.63. The maximum Gasteiger partial charge on any atom is 0.241 e. The van der Waals surface area contributed by atoms with E-state index in [1.54, 1.807) is 18.2 Å². The molecule has 2 rings (SSSR count). The molecule has 0 atom stereocenters. The number of rotatable bonds is 7. The minimum absolute atomic E-state index is 0.283. The fourth-order valence-electron chi connectivity index (χ4n) is 2.72. The van der Waals surface area contributed by atoms with E-state index >= 15 is 0 Å². The predicted molar refractivity (Wildman–Crippen MR) is 101 cm³/mol. The molecule has 1 aromatic carbocycles. The summed E-state index contributed by atoms with van der Waals surface area (Å²) in [6.07, 6.45) is 4.45. The highest BCUT2D eigenvalue weighted by Crippen LogP contribution is 2.25. The second-order valence-corrected chi connectivity index (χ2v) is 9.71. The Hall–Kier alpha value is 0.0500. The van der Waals surface area contributed by atoms with Crippen LogP contribution in [0, 0.1) is 5.92 Å². The van der Waals surface area contributed by atoms with Crippen molar-refractivity contribution in [3.05, 3.63) is 27.1 Å². The molecule has 7 heteroatoms. The molecule has 1 saturated heterocycles. The number of likely N-dealkylation sites (tertiary alicyclic amines) is 1. The zero-order valence-corrected chi connectivity index (χ0v) is 17.4. The van der Waals surface area contributed by atoms with Gasteiger partial charge in [0.05, 0.1) is 4.90 Å². The predicted octanol–water partition coefficient (Wildman–Crippen LogP) is 4.00. The van der Waals surface area contributed by atoms with Gasteiger partial charge in [-0.05, 0) is 85.4 Å². The van der Waals surface area contributed by atoms with Gasteiger partial charge in [0.25, 0.3) is 0 Å². The molecule has 0 unspecified atom stereocenters. The molecular weight excluding hydrogens is 444 g/mol. The van der Waals surface area contributed by atoms with Crippen molar-refractivity contribution in [2.24, 2.45) is 5.92 Å². The Balaban J connectivity index is 1.73. The SMILES string of the molecule is CC1CCN(CCCCNS(=O)(=O)c2ccc(Br)cc2Br)CC1. The molecule has 0 saturated carbocycles. The second kappa shape index (κ2) is 8.94. The highest BCUT2D eigenvalue weighted by atomic mass is 79.9. The molecular formula is C16H24Br2N2O2S. The van der Waals surface area contributed by atoms with E-state index in [-0.39, 0.29) is 4.90 Å². The Bertz CT molecular complexity index is 615. The Labute approximate surface area is 156 Å². The molecule has 1 fully saturated rings. The van der Waals surface area contributed by atoms with Crippen LogP contribution in [-0.4, -0.2) is 39.5 Å². The van der Waals surface area contributed by atoms with Crippen LogP contribution in [0.5, 0.6) is 0 Å². The molecule has 130 valence electrons. The summed E-state index contributed by atoms with van der Waals surface area (Å²) in [5.74, 6) is 0.849. The number of halogens is 2. The van der Waals surface area contributed by atoms with Gasteiger partial charge in [0.15, 0.2) is 0 Å². The lowest BCUT2D eigenvalue weighted by Crippen LogP contribution is -2.34. The Morgan fingerprint density at radius 1 is 1.22 bits per heavy atom. The maximum atomic E-state index is 12.3. The van der Waals surface area contributed by atoms with Crippen molar-refractivity contribution in [3.63, 3.8) is 0 Å². The van der Waals surface area contributed by atoms with Crippen molar-refractivity contribution in [1.82, 2.24) is 9.62 Å². The average molecular weight is 468 g/mol. The second-order valence-electron chi connectivity index (χ2n) is 6.20. The zero-order chi connectivity index (χ0) is 16.9. The van der Waals surface area contributed by atoms with Crippen LogP contribution in [0.1, 0.15) is 32.6 Å². The van der Waals surface area contributed by atoms with E-state index in [0.29, 0.717) is 11.0 Å². The topological polar surface area (TPSA) is 49.4 Å². The largest absolute Gasteiger partial charge is 0.303 e. The molecule has 0 spiro atoms. The molecule has 1 heterocycles. The van der Waals surface area contributed by atoms with Crippen molar-refractivity contribution in [3.8, 4) is 0 Å². The summed E-state index contributed by atoms with van der Waals surface area (Å²) in [6.45, 7) is 6.22. The fourth-order valence-corrected chi connectivity index (χ4v) is 5.54. The van der Waals surface area contributed by atoms with Crippen LogP contribution in [0.25, 0.3) is 0 Å². The number of sulfonamides is 1. The number of hydrogen-bond donors (Lipinski definition) is 1. The third-order valence-electron chi connectivity index (χ3n) is 4.25. The molecule has 0 radical (unpaired) electrons. The lowest BCUT2D eigenvalue weighted by molar-refractivity contribution is 0.190. The summed E-state index contributed by atoms with van der Waals surface area (Å²) in [6, 6.07) is 5.08. The summed E-state index contributed by atoms with van der Waals surface area (Å²) in [7, 11) is -3.45. The Morgan fingerprint density at radius 2 is 1.91 bits per heavy atom. The number of nitrogens with zero attached hydrogens (tertiary/aromatic N) is 1. The Kier molecular flexibility index (Phi) is 7.54. The number of piperidine rings is 1. The van der Waals surface area contributed by atoms with Crippen molar-refractivity contribution in [2.75, 3.05) is 26.2 Å². The normalized spacial score (nSPS) is 17.5. The molecule has 0 amide bonds. The van der Waals surface area contributed by atoms with Gasteiger partial charge in [0, 0.05) is 15.5 Å². The first-order valence-corrected chi connectivity index (χ1v) is 11.1. The Morgan fingerprint density at radius 3 is 2.57 bits per heavy atom. The summed E-state index contributed by atoms with van der Waals surface area (Å²) in [5, 5.41) is 0. The highest BCUT2D eigenvalue weighted by Gasteiger charge is 2.18. The van der Waals surface area contributed by atoms with Gasteiger partial charge in [0.2, 0.25) is 10.0 Å². The minimum atomic E-state index is -3.45.